The first-order valence-electron chi connectivity index (χ1n) is 7.46. The summed E-state index contributed by atoms with van der Waals surface area (Å²) in [5.74, 6) is 0.736. The van der Waals surface area contributed by atoms with Crippen LogP contribution in [0, 0.1) is 0 Å². The Balaban J connectivity index is 2.08. The molecule has 0 N–H and O–H groups in total. The Kier molecular flexibility index (Phi) is 5.63. The minimum atomic E-state index is -0.00921. The third-order valence-electron chi connectivity index (χ3n) is 3.51. The lowest BCUT2D eigenvalue weighted by atomic mass is 10.2. The Hall–Kier alpha value is -1.79. The van der Waals surface area contributed by atoms with Gasteiger partial charge in [-0.15, -0.1) is 0 Å². The zero-order valence-electron chi connectivity index (χ0n) is 13.7. The molecule has 0 aliphatic carbocycles. The van der Waals surface area contributed by atoms with Gasteiger partial charge in [-0.1, -0.05) is 0 Å². The van der Waals surface area contributed by atoms with Gasteiger partial charge >= 0.3 is 5.69 Å². The Morgan fingerprint density at radius 1 is 1.09 bits per heavy atom. The lowest BCUT2D eigenvalue weighted by Gasteiger charge is -2.09. The van der Waals surface area contributed by atoms with Gasteiger partial charge in [0, 0.05) is 26.3 Å². The maximum absolute atomic E-state index is 12.3. The molecule has 0 saturated carbocycles. The van der Waals surface area contributed by atoms with E-state index < -0.39 is 0 Å². The summed E-state index contributed by atoms with van der Waals surface area (Å²) in [5, 5.41) is 0. The molecule has 1 aromatic carbocycles. The summed E-state index contributed by atoms with van der Waals surface area (Å²) < 4.78 is 19.4. The topological polar surface area (TPSA) is 54.6 Å². The fourth-order valence-electron chi connectivity index (χ4n) is 2.39. The molecule has 0 atom stereocenters. The van der Waals surface area contributed by atoms with Gasteiger partial charge < -0.3 is 14.2 Å². The molecule has 2 rings (SSSR count). The average molecular weight is 308 g/mol. The number of hydrogen-bond acceptors (Lipinski definition) is 4. The number of hydrogen-bond donors (Lipinski definition) is 0. The van der Waals surface area contributed by atoms with Gasteiger partial charge in [-0.25, -0.2) is 4.79 Å². The maximum Gasteiger partial charge on any atom is 0.329 e. The Labute approximate surface area is 130 Å². The van der Waals surface area contributed by atoms with E-state index in [1.54, 1.807) is 23.3 Å². The normalized spacial score (nSPS) is 11.5. The second kappa shape index (κ2) is 7.47. The molecule has 2 aromatic rings. The van der Waals surface area contributed by atoms with Crippen LogP contribution < -0.4 is 10.4 Å². The quantitative estimate of drug-likeness (QED) is 0.700. The molecule has 1 aromatic heterocycles. The van der Waals surface area contributed by atoms with E-state index in [9.17, 15) is 4.79 Å². The highest BCUT2D eigenvalue weighted by Crippen LogP contribution is 2.22. The van der Waals surface area contributed by atoms with Crippen LogP contribution in [0.4, 0.5) is 0 Å². The van der Waals surface area contributed by atoms with Crippen molar-refractivity contribution in [1.82, 2.24) is 9.13 Å². The molecule has 6 nitrogen and oxygen atoms in total. The molecule has 0 saturated heterocycles. The minimum Gasteiger partial charge on any atom is -0.491 e. The molecule has 0 spiro atoms. The fraction of sp³-hybridized carbons (Fsp3) is 0.562. The SMILES string of the molecule is COCCOCCOc1ccc2c(c1)n(C)c(=O)n2C(C)C. The Bertz CT molecular complexity index is 673. The Morgan fingerprint density at radius 3 is 2.50 bits per heavy atom. The van der Waals surface area contributed by atoms with Crippen molar-refractivity contribution in [3.63, 3.8) is 0 Å². The van der Waals surface area contributed by atoms with Crippen molar-refractivity contribution in [2.75, 3.05) is 33.5 Å². The van der Waals surface area contributed by atoms with E-state index in [1.807, 2.05) is 32.0 Å². The molecule has 0 radical (unpaired) electrons. The minimum absolute atomic E-state index is 0.00921. The number of rotatable bonds is 8. The Morgan fingerprint density at radius 2 is 1.82 bits per heavy atom. The van der Waals surface area contributed by atoms with Crippen molar-refractivity contribution < 1.29 is 14.2 Å². The number of imidazole rings is 1. The number of methoxy groups -OCH3 is 1. The second-order valence-electron chi connectivity index (χ2n) is 5.41. The fourth-order valence-corrected chi connectivity index (χ4v) is 2.39. The number of benzene rings is 1. The molecule has 22 heavy (non-hydrogen) atoms. The van der Waals surface area contributed by atoms with E-state index in [1.165, 1.54) is 0 Å². The number of aryl methyl sites for hydroxylation is 1. The van der Waals surface area contributed by atoms with Gasteiger partial charge in [0.15, 0.2) is 0 Å². The van der Waals surface area contributed by atoms with Gasteiger partial charge in [0.2, 0.25) is 0 Å². The first kappa shape index (κ1) is 16.6. The first-order valence-corrected chi connectivity index (χ1v) is 7.46. The van der Waals surface area contributed by atoms with Crippen molar-refractivity contribution in [2.45, 2.75) is 19.9 Å². The summed E-state index contributed by atoms with van der Waals surface area (Å²) in [5.41, 5.74) is 1.78. The van der Waals surface area contributed by atoms with E-state index in [0.717, 1.165) is 16.8 Å². The molecule has 122 valence electrons. The number of aromatic nitrogens is 2. The zero-order chi connectivity index (χ0) is 16.1. The summed E-state index contributed by atoms with van der Waals surface area (Å²) in [6, 6.07) is 5.83. The van der Waals surface area contributed by atoms with Gasteiger partial charge in [0.05, 0.1) is 30.9 Å². The van der Waals surface area contributed by atoms with Gasteiger partial charge in [0.25, 0.3) is 0 Å². The van der Waals surface area contributed by atoms with Crippen LogP contribution in [0.25, 0.3) is 11.0 Å². The lowest BCUT2D eigenvalue weighted by molar-refractivity contribution is 0.0544. The summed E-state index contributed by atoms with van der Waals surface area (Å²) in [6.45, 7) is 6.12. The smallest absolute Gasteiger partial charge is 0.329 e. The van der Waals surface area contributed by atoms with Crippen molar-refractivity contribution in [1.29, 1.82) is 0 Å². The summed E-state index contributed by atoms with van der Waals surface area (Å²) in [6.07, 6.45) is 0. The van der Waals surface area contributed by atoms with Crippen molar-refractivity contribution in [3.05, 3.63) is 28.7 Å². The predicted octanol–water partition coefficient (Wildman–Crippen LogP) is 1.96. The summed E-state index contributed by atoms with van der Waals surface area (Å²) >= 11 is 0. The molecule has 0 aliphatic heterocycles. The molecule has 0 bridgehead atoms. The van der Waals surface area contributed by atoms with Crippen LogP contribution in [-0.4, -0.2) is 42.7 Å². The highest BCUT2D eigenvalue weighted by atomic mass is 16.5. The predicted molar refractivity (Wildman–Crippen MR) is 85.8 cm³/mol. The molecule has 0 amide bonds. The lowest BCUT2D eigenvalue weighted by Crippen LogP contribution is -2.23. The van der Waals surface area contributed by atoms with Crippen LogP contribution in [0.5, 0.6) is 5.75 Å². The number of fused-ring (bicyclic) bond motifs is 1. The van der Waals surface area contributed by atoms with Crippen LogP contribution in [0.2, 0.25) is 0 Å². The van der Waals surface area contributed by atoms with Crippen LogP contribution in [0.15, 0.2) is 23.0 Å². The monoisotopic (exact) mass is 308 g/mol. The summed E-state index contributed by atoms with van der Waals surface area (Å²) in [4.78, 5) is 12.3. The molecular formula is C16H24N2O4. The van der Waals surface area contributed by atoms with E-state index in [-0.39, 0.29) is 11.7 Å². The van der Waals surface area contributed by atoms with Crippen LogP contribution in [0.3, 0.4) is 0 Å². The highest BCUT2D eigenvalue weighted by Gasteiger charge is 2.13. The number of nitrogens with zero attached hydrogens (tertiary/aromatic N) is 2. The van der Waals surface area contributed by atoms with Crippen molar-refractivity contribution >= 4 is 11.0 Å². The van der Waals surface area contributed by atoms with Gasteiger partial charge in [-0.05, 0) is 26.0 Å². The largest absolute Gasteiger partial charge is 0.491 e. The standard InChI is InChI=1S/C16H24N2O4/c1-12(2)18-14-6-5-13(11-15(14)17(3)16(18)19)22-10-9-21-8-7-20-4/h5-6,11-12H,7-10H2,1-4H3. The molecule has 6 heteroatoms. The third kappa shape index (κ3) is 3.51. The van der Waals surface area contributed by atoms with Crippen LogP contribution in [0.1, 0.15) is 19.9 Å². The van der Waals surface area contributed by atoms with Crippen molar-refractivity contribution in [2.24, 2.45) is 7.05 Å². The second-order valence-corrected chi connectivity index (χ2v) is 5.41. The van der Waals surface area contributed by atoms with Gasteiger partial charge in [-0.3, -0.25) is 9.13 Å². The van der Waals surface area contributed by atoms with Gasteiger partial charge in [-0.2, -0.15) is 0 Å². The average Bonchev–Trinajstić information content (AvgIpc) is 2.74. The molecule has 0 aliphatic rings. The summed E-state index contributed by atoms with van der Waals surface area (Å²) in [7, 11) is 3.42. The highest BCUT2D eigenvalue weighted by molar-refractivity contribution is 5.78. The molecule has 0 unspecified atom stereocenters. The van der Waals surface area contributed by atoms with E-state index in [4.69, 9.17) is 14.2 Å². The third-order valence-corrected chi connectivity index (χ3v) is 3.51. The van der Waals surface area contributed by atoms with Crippen LogP contribution in [-0.2, 0) is 16.5 Å². The van der Waals surface area contributed by atoms with E-state index >= 15 is 0 Å². The van der Waals surface area contributed by atoms with E-state index in [0.29, 0.717) is 26.4 Å². The van der Waals surface area contributed by atoms with Gasteiger partial charge in [0.1, 0.15) is 12.4 Å². The van der Waals surface area contributed by atoms with E-state index in [2.05, 4.69) is 0 Å². The number of ether oxygens (including phenoxy) is 3. The van der Waals surface area contributed by atoms with Crippen LogP contribution >= 0.6 is 0 Å². The molecular weight excluding hydrogens is 284 g/mol. The maximum atomic E-state index is 12.3. The van der Waals surface area contributed by atoms with Crippen molar-refractivity contribution in [3.8, 4) is 5.75 Å². The first-order chi connectivity index (χ1) is 10.6. The molecule has 1 heterocycles. The molecule has 0 fully saturated rings. The zero-order valence-corrected chi connectivity index (χ0v) is 13.7.